The van der Waals surface area contributed by atoms with Crippen molar-refractivity contribution in [1.29, 1.82) is 5.26 Å². The first-order chi connectivity index (χ1) is 11.2. The van der Waals surface area contributed by atoms with Crippen molar-refractivity contribution in [1.82, 2.24) is 0 Å². The molecule has 2 atom stereocenters. The summed E-state index contributed by atoms with van der Waals surface area (Å²) in [5.74, 6) is 0.153. The molecule has 0 radical (unpaired) electrons. The smallest absolute Gasteiger partial charge is 0.335 e. The normalized spacial score (nSPS) is 18.2. The molecule has 1 aromatic rings. The summed E-state index contributed by atoms with van der Waals surface area (Å²) in [7, 11) is 0. The number of rotatable bonds is 8. The monoisotopic (exact) mass is 319 g/mol. The van der Waals surface area contributed by atoms with Gasteiger partial charge in [0.2, 0.25) is 0 Å². The molecule has 6 nitrogen and oxygen atoms in total. The van der Waals surface area contributed by atoms with Gasteiger partial charge in [-0.25, -0.2) is 4.79 Å². The molecule has 0 saturated carbocycles. The third kappa shape index (κ3) is 5.89. The minimum absolute atomic E-state index is 0.0843. The van der Waals surface area contributed by atoms with E-state index in [0.717, 1.165) is 19.4 Å². The number of carbonyl (C=O) groups is 1. The van der Waals surface area contributed by atoms with Gasteiger partial charge in [0, 0.05) is 6.61 Å². The Morgan fingerprint density at radius 1 is 1.48 bits per heavy atom. The molecule has 2 unspecified atom stereocenters. The van der Waals surface area contributed by atoms with E-state index >= 15 is 0 Å². The molecular formula is C17H21NO5. The van der Waals surface area contributed by atoms with Gasteiger partial charge in [-0.05, 0) is 38.0 Å². The Bertz CT molecular complexity index is 548. The first-order valence-corrected chi connectivity index (χ1v) is 7.72. The lowest BCUT2D eigenvalue weighted by molar-refractivity contribution is -0.158. The highest BCUT2D eigenvalue weighted by Gasteiger charge is 2.20. The van der Waals surface area contributed by atoms with Gasteiger partial charge in [-0.3, -0.25) is 0 Å². The lowest BCUT2D eigenvalue weighted by Gasteiger charge is -2.15. The van der Waals surface area contributed by atoms with Crippen molar-refractivity contribution >= 4 is 5.97 Å². The van der Waals surface area contributed by atoms with Crippen molar-refractivity contribution in [3.05, 3.63) is 29.8 Å². The number of nitrogens with zero attached hydrogens (tertiary/aromatic N) is 1. The van der Waals surface area contributed by atoms with Crippen LogP contribution in [0.1, 0.15) is 25.3 Å². The molecule has 1 heterocycles. The van der Waals surface area contributed by atoms with Crippen LogP contribution < -0.4 is 4.74 Å². The maximum Gasteiger partial charge on any atom is 0.335 e. The van der Waals surface area contributed by atoms with Gasteiger partial charge in [0.1, 0.15) is 19.0 Å². The first kappa shape index (κ1) is 17.3. The Morgan fingerprint density at radius 2 is 2.35 bits per heavy atom. The largest absolute Gasteiger partial charge is 0.490 e. The summed E-state index contributed by atoms with van der Waals surface area (Å²) in [6.45, 7) is 3.18. The van der Waals surface area contributed by atoms with E-state index in [9.17, 15) is 4.79 Å². The fraction of sp³-hybridized carbons (Fsp3) is 0.529. The molecule has 2 rings (SSSR count). The number of benzene rings is 1. The van der Waals surface area contributed by atoms with Crippen molar-refractivity contribution < 1.29 is 23.7 Å². The second-order valence-corrected chi connectivity index (χ2v) is 5.27. The summed E-state index contributed by atoms with van der Waals surface area (Å²) in [6, 6.07) is 8.85. The maximum atomic E-state index is 11.8. The maximum absolute atomic E-state index is 11.8. The van der Waals surface area contributed by atoms with Crippen LogP contribution in [0, 0.1) is 11.3 Å². The van der Waals surface area contributed by atoms with Crippen LogP contribution >= 0.6 is 0 Å². The van der Waals surface area contributed by atoms with Crippen LogP contribution in [-0.2, 0) is 19.0 Å². The molecule has 1 aliphatic heterocycles. The summed E-state index contributed by atoms with van der Waals surface area (Å²) < 4.78 is 21.4. The number of nitriles is 1. The average Bonchev–Trinajstić information content (AvgIpc) is 3.10. The molecule has 1 aromatic carbocycles. The summed E-state index contributed by atoms with van der Waals surface area (Å²) in [5, 5.41) is 8.80. The zero-order chi connectivity index (χ0) is 16.5. The first-order valence-electron chi connectivity index (χ1n) is 7.72. The Hall–Kier alpha value is -2.10. The molecular weight excluding hydrogens is 298 g/mol. The molecule has 0 N–H and O–H groups in total. The highest BCUT2D eigenvalue weighted by molar-refractivity contribution is 5.74. The molecule has 0 aliphatic carbocycles. The van der Waals surface area contributed by atoms with Crippen molar-refractivity contribution in [3.63, 3.8) is 0 Å². The highest BCUT2D eigenvalue weighted by Crippen LogP contribution is 2.13. The second kappa shape index (κ2) is 9.13. The van der Waals surface area contributed by atoms with Crippen LogP contribution in [0.5, 0.6) is 5.75 Å². The molecule has 1 saturated heterocycles. The highest BCUT2D eigenvalue weighted by atomic mass is 16.6. The summed E-state index contributed by atoms with van der Waals surface area (Å²) in [4.78, 5) is 11.8. The minimum atomic E-state index is -0.624. The van der Waals surface area contributed by atoms with Gasteiger partial charge in [-0.2, -0.15) is 5.26 Å². The van der Waals surface area contributed by atoms with E-state index in [4.69, 9.17) is 24.2 Å². The van der Waals surface area contributed by atoms with E-state index in [1.807, 2.05) is 6.07 Å². The van der Waals surface area contributed by atoms with E-state index in [1.54, 1.807) is 31.2 Å². The van der Waals surface area contributed by atoms with Crippen LogP contribution in [0.25, 0.3) is 0 Å². The number of hydrogen-bond acceptors (Lipinski definition) is 6. The number of esters is 1. The number of hydrogen-bond donors (Lipinski definition) is 0. The van der Waals surface area contributed by atoms with Crippen LogP contribution in [0.2, 0.25) is 0 Å². The zero-order valence-corrected chi connectivity index (χ0v) is 13.2. The predicted octanol–water partition coefficient (Wildman–Crippen LogP) is 2.06. The molecule has 0 spiro atoms. The van der Waals surface area contributed by atoms with E-state index in [2.05, 4.69) is 0 Å². The van der Waals surface area contributed by atoms with Crippen LogP contribution in [0.4, 0.5) is 0 Å². The molecule has 124 valence electrons. The van der Waals surface area contributed by atoms with E-state index in [-0.39, 0.29) is 19.3 Å². The topological polar surface area (TPSA) is 77.8 Å². The molecule has 6 heteroatoms. The molecule has 0 amide bonds. The van der Waals surface area contributed by atoms with Gasteiger partial charge in [-0.15, -0.1) is 0 Å². The Morgan fingerprint density at radius 3 is 3.09 bits per heavy atom. The van der Waals surface area contributed by atoms with Gasteiger partial charge < -0.3 is 18.9 Å². The number of carbonyl (C=O) groups excluding carboxylic acids is 1. The predicted molar refractivity (Wildman–Crippen MR) is 82.0 cm³/mol. The molecule has 1 aliphatic rings. The second-order valence-electron chi connectivity index (χ2n) is 5.27. The fourth-order valence-corrected chi connectivity index (χ4v) is 2.17. The summed E-state index contributed by atoms with van der Waals surface area (Å²) in [6.07, 6.45) is 1.47. The molecule has 0 bridgehead atoms. The van der Waals surface area contributed by atoms with Crippen molar-refractivity contribution in [2.45, 2.75) is 32.0 Å². The Kier molecular flexibility index (Phi) is 6.85. The van der Waals surface area contributed by atoms with Crippen LogP contribution in [-0.4, -0.2) is 44.6 Å². The molecule has 23 heavy (non-hydrogen) atoms. The van der Waals surface area contributed by atoms with E-state index < -0.39 is 12.1 Å². The zero-order valence-electron chi connectivity index (χ0n) is 13.2. The van der Waals surface area contributed by atoms with Crippen molar-refractivity contribution in [2.24, 2.45) is 0 Å². The minimum Gasteiger partial charge on any atom is -0.490 e. The lowest BCUT2D eigenvalue weighted by Crippen LogP contribution is -2.28. The van der Waals surface area contributed by atoms with Crippen molar-refractivity contribution in [2.75, 3.05) is 26.4 Å². The Labute approximate surface area is 135 Å². The van der Waals surface area contributed by atoms with Gasteiger partial charge in [0.05, 0.1) is 24.3 Å². The third-order valence-electron chi connectivity index (χ3n) is 3.45. The van der Waals surface area contributed by atoms with Crippen LogP contribution in [0.15, 0.2) is 24.3 Å². The molecule has 0 aromatic heterocycles. The number of ether oxygens (including phenoxy) is 4. The molecule has 1 fully saturated rings. The average molecular weight is 319 g/mol. The van der Waals surface area contributed by atoms with Crippen LogP contribution in [0.3, 0.4) is 0 Å². The van der Waals surface area contributed by atoms with Crippen molar-refractivity contribution in [3.8, 4) is 11.8 Å². The summed E-state index contributed by atoms with van der Waals surface area (Å²) >= 11 is 0. The SMILES string of the molecule is CC(OCC1CCCO1)C(=O)OCCOc1cccc(C#N)c1. The van der Waals surface area contributed by atoms with Gasteiger partial charge in [0.15, 0.2) is 6.10 Å². The Balaban J connectivity index is 1.60. The van der Waals surface area contributed by atoms with E-state index in [1.165, 1.54) is 0 Å². The summed E-state index contributed by atoms with van der Waals surface area (Å²) in [5.41, 5.74) is 0.524. The van der Waals surface area contributed by atoms with Gasteiger partial charge in [-0.1, -0.05) is 6.07 Å². The third-order valence-corrected chi connectivity index (χ3v) is 3.45. The fourth-order valence-electron chi connectivity index (χ4n) is 2.17. The van der Waals surface area contributed by atoms with Gasteiger partial charge in [0.25, 0.3) is 0 Å². The lowest BCUT2D eigenvalue weighted by atomic mass is 10.2. The van der Waals surface area contributed by atoms with E-state index in [0.29, 0.717) is 17.9 Å². The quantitative estimate of drug-likeness (QED) is 0.539. The standard InChI is InChI=1S/C17H21NO5/c1-13(23-12-16-6-3-7-20-16)17(19)22-9-8-21-15-5-2-4-14(10-15)11-18/h2,4-5,10,13,16H,3,6-9,12H2,1H3. The van der Waals surface area contributed by atoms with Gasteiger partial charge >= 0.3 is 5.97 Å².